The molecule has 0 spiro atoms. The number of halogens is 1. The van der Waals surface area contributed by atoms with Crippen LogP contribution < -0.4 is 5.32 Å². The van der Waals surface area contributed by atoms with E-state index in [0.717, 1.165) is 57.3 Å². The smallest absolute Gasteiger partial charge is 0.193 e. The summed E-state index contributed by atoms with van der Waals surface area (Å²) in [4.78, 5) is 9.09. The number of morpholine rings is 1. The van der Waals surface area contributed by atoms with Gasteiger partial charge in [0.1, 0.15) is 0 Å². The van der Waals surface area contributed by atoms with Crippen LogP contribution in [0.1, 0.15) is 12.0 Å². The molecule has 2 aliphatic heterocycles. The van der Waals surface area contributed by atoms with E-state index in [4.69, 9.17) is 4.74 Å². The summed E-state index contributed by atoms with van der Waals surface area (Å²) in [5.41, 5.74) is 0.773. The lowest BCUT2D eigenvalue weighted by Crippen LogP contribution is -2.46. The molecule has 2 aliphatic rings. The van der Waals surface area contributed by atoms with Gasteiger partial charge in [0.2, 0.25) is 0 Å². The summed E-state index contributed by atoms with van der Waals surface area (Å²) in [5, 5.41) is 12.5. The quantitative estimate of drug-likeness (QED) is 0.637. The van der Waals surface area contributed by atoms with E-state index in [0.29, 0.717) is 12.6 Å². The molecule has 1 unspecified atom stereocenters. The Labute approximate surface area is 141 Å². The number of rotatable bonds is 3. The van der Waals surface area contributed by atoms with Crippen LogP contribution in [0.5, 0.6) is 5.75 Å². The fraction of sp³-hybridized carbons (Fsp3) is 0.588. The summed E-state index contributed by atoms with van der Waals surface area (Å²) in [6.07, 6.45) is 1.12. The van der Waals surface area contributed by atoms with Crippen molar-refractivity contribution in [2.75, 3.05) is 46.4 Å². The van der Waals surface area contributed by atoms with Gasteiger partial charge in [-0.1, -0.05) is 6.07 Å². The largest absolute Gasteiger partial charge is 0.505 e. The Morgan fingerprint density at radius 3 is 2.88 bits per heavy atom. The molecule has 3 rings (SSSR count). The summed E-state index contributed by atoms with van der Waals surface area (Å²) >= 11 is 0. The molecule has 7 heteroatoms. The predicted octanol–water partition coefficient (Wildman–Crippen LogP) is 1.01. The third-order valence-corrected chi connectivity index (χ3v) is 4.70. The maximum absolute atomic E-state index is 13.4. The highest BCUT2D eigenvalue weighted by Gasteiger charge is 2.30. The lowest BCUT2D eigenvalue weighted by Gasteiger charge is -2.32. The van der Waals surface area contributed by atoms with Gasteiger partial charge in [0.15, 0.2) is 17.5 Å². The van der Waals surface area contributed by atoms with E-state index in [9.17, 15) is 9.50 Å². The number of aliphatic imine (C=N–C) groups is 1. The average molecular weight is 336 g/mol. The number of phenols is 1. The molecule has 1 aromatic carbocycles. The van der Waals surface area contributed by atoms with Crippen LogP contribution in [0.2, 0.25) is 0 Å². The lowest BCUT2D eigenvalue weighted by molar-refractivity contribution is 0.0195. The van der Waals surface area contributed by atoms with Crippen molar-refractivity contribution in [3.8, 4) is 5.75 Å². The molecule has 0 radical (unpaired) electrons. The molecule has 24 heavy (non-hydrogen) atoms. The maximum Gasteiger partial charge on any atom is 0.193 e. The predicted molar refractivity (Wildman–Crippen MR) is 90.6 cm³/mol. The van der Waals surface area contributed by atoms with E-state index >= 15 is 0 Å². The van der Waals surface area contributed by atoms with Gasteiger partial charge in [-0.15, -0.1) is 0 Å². The highest BCUT2D eigenvalue weighted by atomic mass is 19.1. The van der Waals surface area contributed by atoms with Crippen LogP contribution in [-0.4, -0.2) is 73.3 Å². The molecule has 1 atom stereocenters. The van der Waals surface area contributed by atoms with Crippen molar-refractivity contribution >= 4 is 5.96 Å². The molecular weight excluding hydrogens is 311 g/mol. The number of guanidine groups is 1. The summed E-state index contributed by atoms with van der Waals surface area (Å²) in [7, 11) is 1.77. The molecule has 2 saturated heterocycles. The Morgan fingerprint density at radius 1 is 1.38 bits per heavy atom. The fourth-order valence-electron chi connectivity index (χ4n) is 3.35. The molecule has 2 N–H and O–H groups in total. The number of aromatic hydroxyl groups is 1. The molecule has 0 aliphatic carbocycles. The number of hydrogen-bond donors (Lipinski definition) is 2. The van der Waals surface area contributed by atoms with Crippen molar-refractivity contribution in [2.45, 2.75) is 19.0 Å². The average Bonchev–Trinajstić information content (AvgIpc) is 3.09. The molecule has 0 amide bonds. The fourth-order valence-corrected chi connectivity index (χ4v) is 3.35. The van der Waals surface area contributed by atoms with Crippen molar-refractivity contribution < 1.29 is 14.2 Å². The summed E-state index contributed by atoms with van der Waals surface area (Å²) in [5.74, 6) is -0.0897. The number of benzene rings is 1. The highest BCUT2D eigenvalue weighted by Crippen LogP contribution is 2.18. The zero-order chi connectivity index (χ0) is 16.9. The molecule has 2 heterocycles. The zero-order valence-electron chi connectivity index (χ0n) is 14.0. The van der Waals surface area contributed by atoms with Gasteiger partial charge < -0.3 is 20.1 Å². The monoisotopic (exact) mass is 336 g/mol. The topological polar surface area (TPSA) is 60.3 Å². The van der Waals surface area contributed by atoms with Gasteiger partial charge in [-0.3, -0.25) is 9.89 Å². The van der Waals surface area contributed by atoms with Crippen molar-refractivity contribution in [3.63, 3.8) is 0 Å². The van der Waals surface area contributed by atoms with Crippen LogP contribution >= 0.6 is 0 Å². The maximum atomic E-state index is 13.4. The third-order valence-electron chi connectivity index (χ3n) is 4.70. The van der Waals surface area contributed by atoms with Crippen LogP contribution in [0.3, 0.4) is 0 Å². The van der Waals surface area contributed by atoms with E-state index in [1.807, 2.05) is 0 Å². The van der Waals surface area contributed by atoms with Gasteiger partial charge in [-0.25, -0.2) is 4.39 Å². The van der Waals surface area contributed by atoms with Gasteiger partial charge >= 0.3 is 0 Å². The first-order valence-electron chi connectivity index (χ1n) is 8.42. The number of nitrogens with one attached hydrogen (secondary N) is 1. The van der Waals surface area contributed by atoms with Crippen LogP contribution in [-0.2, 0) is 11.3 Å². The molecule has 132 valence electrons. The minimum absolute atomic E-state index is 0.323. The summed E-state index contributed by atoms with van der Waals surface area (Å²) in [6.45, 7) is 6.01. The summed E-state index contributed by atoms with van der Waals surface area (Å²) in [6, 6.07) is 4.97. The third kappa shape index (κ3) is 3.96. The minimum Gasteiger partial charge on any atom is -0.505 e. The Hall–Kier alpha value is -1.86. The summed E-state index contributed by atoms with van der Waals surface area (Å²) < 4.78 is 18.8. The number of hydrogen-bond acceptors (Lipinski definition) is 4. The Kier molecular flexibility index (Phi) is 5.52. The van der Waals surface area contributed by atoms with Gasteiger partial charge in [0.25, 0.3) is 0 Å². The van der Waals surface area contributed by atoms with E-state index in [-0.39, 0.29) is 5.75 Å². The van der Waals surface area contributed by atoms with E-state index < -0.39 is 5.82 Å². The second kappa shape index (κ2) is 7.81. The highest BCUT2D eigenvalue weighted by molar-refractivity contribution is 5.80. The standard InChI is InChI=1S/C17H25FN4O2/c1-19-17(20-11-13-2-3-16(23)15(18)10-13)22-5-4-14(12-22)21-6-8-24-9-7-21/h2-3,10,14,23H,4-9,11-12H2,1H3,(H,19,20). The van der Waals surface area contributed by atoms with Crippen LogP contribution in [0.15, 0.2) is 23.2 Å². The second-order valence-corrected chi connectivity index (χ2v) is 6.22. The molecule has 0 aromatic heterocycles. The molecule has 1 aromatic rings. The number of phenolic OH excluding ortho intramolecular Hbond substituents is 1. The minimum atomic E-state index is -0.599. The van der Waals surface area contributed by atoms with Crippen molar-refractivity contribution in [2.24, 2.45) is 4.99 Å². The van der Waals surface area contributed by atoms with Crippen molar-refractivity contribution in [1.29, 1.82) is 0 Å². The van der Waals surface area contributed by atoms with Gasteiger partial charge in [0, 0.05) is 45.8 Å². The SMILES string of the molecule is CN=C(NCc1ccc(O)c(F)c1)N1CCC(N2CCOCC2)C1. The first-order chi connectivity index (χ1) is 11.7. The number of nitrogens with zero attached hydrogens (tertiary/aromatic N) is 3. The molecule has 0 saturated carbocycles. The first-order valence-corrected chi connectivity index (χ1v) is 8.42. The molecule has 2 fully saturated rings. The Bertz CT molecular complexity index is 590. The molecular formula is C17H25FN4O2. The van der Waals surface area contributed by atoms with Crippen LogP contribution in [0.4, 0.5) is 4.39 Å². The normalized spacial score (nSPS) is 22.8. The Balaban J connectivity index is 1.53. The Morgan fingerprint density at radius 2 is 2.17 bits per heavy atom. The zero-order valence-corrected chi connectivity index (χ0v) is 14.0. The van der Waals surface area contributed by atoms with Gasteiger partial charge in [0.05, 0.1) is 13.2 Å². The molecule has 6 nitrogen and oxygen atoms in total. The van der Waals surface area contributed by atoms with Gasteiger partial charge in [-0.2, -0.15) is 0 Å². The van der Waals surface area contributed by atoms with E-state index in [1.165, 1.54) is 12.1 Å². The lowest BCUT2D eigenvalue weighted by atomic mass is 10.2. The van der Waals surface area contributed by atoms with E-state index in [1.54, 1.807) is 13.1 Å². The number of ether oxygens (including phenoxy) is 1. The first kappa shape index (κ1) is 17.0. The second-order valence-electron chi connectivity index (χ2n) is 6.22. The molecule has 0 bridgehead atoms. The van der Waals surface area contributed by atoms with Crippen molar-refractivity contribution in [1.82, 2.24) is 15.1 Å². The van der Waals surface area contributed by atoms with Crippen molar-refractivity contribution in [3.05, 3.63) is 29.6 Å². The number of likely N-dealkylation sites (tertiary alicyclic amines) is 1. The van der Waals surface area contributed by atoms with Gasteiger partial charge in [-0.05, 0) is 24.1 Å². The van der Waals surface area contributed by atoms with E-state index in [2.05, 4.69) is 20.1 Å². The van der Waals surface area contributed by atoms with Crippen LogP contribution in [0.25, 0.3) is 0 Å². The van der Waals surface area contributed by atoms with Crippen LogP contribution in [0, 0.1) is 5.82 Å².